The van der Waals surface area contributed by atoms with Crippen LogP contribution in [0.25, 0.3) is 11.4 Å². The number of carbonyl (C=O) groups excluding carboxylic acids is 1. The number of allylic oxidation sites excluding steroid dienone is 1. The van der Waals surface area contributed by atoms with Crippen LogP contribution in [0, 0.1) is 13.8 Å². The van der Waals surface area contributed by atoms with Crippen LogP contribution in [0.4, 0.5) is 11.6 Å². The number of carbonyl (C=O) groups is 1. The van der Waals surface area contributed by atoms with E-state index < -0.39 is 6.04 Å². The number of fused-ring (bicyclic) bond motifs is 1. The maximum Gasteiger partial charge on any atom is 0.255 e. The number of hydrogen-bond acceptors (Lipinski definition) is 7. The molecular formula is C30H31N5O4. The number of nitrogens with zero attached hydrogens (tertiary/aromatic N) is 3. The average molecular weight is 526 g/mol. The SMILES string of the molecule is COc1ccccc1NC(=O)C1=C(C)Nc2nc(-c3ccc(C)c(C)c3)nn2C1c1cccc(OC)c1OC. The number of benzene rings is 3. The fourth-order valence-corrected chi connectivity index (χ4v) is 4.80. The molecule has 0 aliphatic carbocycles. The van der Waals surface area contributed by atoms with Crippen molar-refractivity contribution in [2.75, 3.05) is 32.0 Å². The van der Waals surface area contributed by atoms with Crippen molar-refractivity contribution in [2.45, 2.75) is 26.8 Å². The molecular weight excluding hydrogens is 494 g/mol. The summed E-state index contributed by atoms with van der Waals surface area (Å²) in [5, 5.41) is 11.2. The smallest absolute Gasteiger partial charge is 0.255 e. The normalized spacial score (nSPS) is 14.4. The van der Waals surface area contributed by atoms with Gasteiger partial charge in [-0.25, -0.2) is 4.68 Å². The highest BCUT2D eigenvalue weighted by Gasteiger charge is 2.37. The molecule has 0 saturated carbocycles. The molecule has 2 N–H and O–H groups in total. The minimum absolute atomic E-state index is 0.312. The Morgan fingerprint density at radius 2 is 1.64 bits per heavy atom. The van der Waals surface area contributed by atoms with Gasteiger partial charge >= 0.3 is 0 Å². The second kappa shape index (κ2) is 10.5. The molecule has 0 saturated heterocycles. The van der Waals surface area contributed by atoms with Gasteiger partial charge in [-0.2, -0.15) is 4.98 Å². The van der Waals surface area contributed by atoms with E-state index >= 15 is 0 Å². The maximum atomic E-state index is 14.0. The number of ether oxygens (including phenoxy) is 3. The first kappa shape index (κ1) is 25.8. The Bertz CT molecular complexity index is 1590. The quantitative estimate of drug-likeness (QED) is 0.328. The lowest BCUT2D eigenvalue weighted by Gasteiger charge is -2.30. The summed E-state index contributed by atoms with van der Waals surface area (Å²) in [6.45, 7) is 5.98. The van der Waals surface area contributed by atoms with Gasteiger partial charge in [0.25, 0.3) is 5.91 Å². The summed E-state index contributed by atoms with van der Waals surface area (Å²) >= 11 is 0. The van der Waals surface area contributed by atoms with E-state index in [2.05, 4.69) is 36.6 Å². The number of amides is 1. The van der Waals surface area contributed by atoms with E-state index in [4.69, 9.17) is 24.3 Å². The van der Waals surface area contributed by atoms with Crippen molar-refractivity contribution in [3.05, 3.63) is 88.6 Å². The van der Waals surface area contributed by atoms with Crippen LogP contribution in [0.1, 0.15) is 29.7 Å². The van der Waals surface area contributed by atoms with Gasteiger partial charge in [-0.3, -0.25) is 4.79 Å². The number of anilines is 2. The second-order valence-electron chi connectivity index (χ2n) is 9.31. The van der Waals surface area contributed by atoms with E-state index in [1.165, 1.54) is 5.56 Å². The van der Waals surface area contributed by atoms with Crippen molar-refractivity contribution in [1.29, 1.82) is 0 Å². The van der Waals surface area contributed by atoms with Gasteiger partial charge in [-0.05, 0) is 56.2 Å². The van der Waals surface area contributed by atoms with Crippen LogP contribution in [0.2, 0.25) is 0 Å². The summed E-state index contributed by atoms with van der Waals surface area (Å²) in [7, 11) is 4.73. The van der Waals surface area contributed by atoms with Crippen molar-refractivity contribution < 1.29 is 19.0 Å². The zero-order valence-electron chi connectivity index (χ0n) is 22.8. The Balaban J connectivity index is 1.67. The monoisotopic (exact) mass is 525 g/mol. The molecule has 1 aromatic heterocycles. The van der Waals surface area contributed by atoms with Gasteiger partial charge in [0.1, 0.15) is 11.8 Å². The number of para-hydroxylation sites is 3. The summed E-state index contributed by atoms with van der Waals surface area (Å²) in [6.07, 6.45) is 0. The van der Waals surface area contributed by atoms with E-state index in [9.17, 15) is 4.79 Å². The lowest BCUT2D eigenvalue weighted by molar-refractivity contribution is -0.113. The fourth-order valence-electron chi connectivity index (χ4n) is 4.80. The largest absolute Gasteiger partial charge is 0.495 e. The second-order valence-corrected chi connectivity index (χ2v) is 9.31. The maximum absolute atomic E-state index is 14.0. The highest BCUT2D eigenvalue weighted by Crippen LogP contribution is 2.43. The van der Waals surface area contributed by atoms with Crippen molar-refractivity contribution in [2.24, 2.45) is 0 Å². The molecule has 1 aliphatic rings. The summed E-state index contributed by atoms with van der Waals surface area (Å²) in [6, 6.07) is 18.3. The first-order valence-corrected chi connectivity index (χ1v) is 12.5. The highest BCUT2D eigenvalue weighted by atomic mass is 16.5. The van der Waals surface area contributed by atoms with Crippen LogP contribution in [0.5, 0.6) is 17.2 Å². The molecule has 1 amide bonds. The number of nitrogens with one attached hydrogen (secondary N) is 2. The van der Waals surface area contributed by atoms with Gasteiger partial charge in [-0.1, -0.05) is 36.4 Å². The minimum Gasteiger partial charge on any atom is -0.495 e. The van der Waals surface area contributed by atoms with Crippen molar-refractivity contribution in [3.8, 4) is 28.6 Å². The van der Waals surface area contributed by atoms with Crippen LogP contribution >= 0.6 is 0 Å². The molecule has 0 spiro atoms. The molecule has 3 aromatic carbocycles. The number of methoxy groups -OCH3 is 3. The van der Waals surface area contributed by atoms with Gasteiger partial charge in [-0.15, -0.1) is 5.10 Å². The molecule has 0 fully saturated rings. The lowest BCUT2D eigenvalue weighted by atomic mass is 9.94. The first-order valence-electron chi connectivity index (χ1n) is 12.5. The van der Waals surface area contributed by atoms with E-state index in [1.807, 2.05) is 43.3 Å². The van der Waals surface area contributed by atoms with Gasteiger partial charge in [0.05, 0.1) is 32.6 Å². The summed E-state index contributed by atoms with van der Waals surface area (Å²) in [5.74, 6) is 2.37. The lowest BCUT2D eigenvalue weighted by Crippen LogP contribution is -2.32. The van der Waals surface area contributed by atoms with Crippen LogP contribution in [0.15, 0.2) is 71.9 Å². The van der Waals surface area contributed by atoms with Crippen molar-refractivity contribution in [1.82, 2.24) is 14.8 Å². The molecule has 1 aliphatic heterocycles. The zero-order chi connectivity index (χ0) is 27.7. The summed E-state index contributed by atoms with van der Waals surface area (Å²) in [4.78, 5) is 18.8. The molecule has 9 nitrogen and oxygen atoms in total. The molecule has 4 aromatic rings. The molecule has 1 unspecified atom stereocenters. The van der Waals surface area contributed by atoms with Gasteiger partial charge < -0.3 is 24.8 Å². The summed E-state index contributed by atoms with van der Waals surface area (Å²) in [5.41, 5.74) is 5.58. The Morgan fingerprint density at radius 3 is 2.36 bits per heavy atom. The Kier molecular flexibility index (Phi) is 6.98. The molecule has 1 atom stereocenters. The molecule has 9 heteroatoms. The van der Waals surface area contributed by atoms with Gasteiger partial charge in [0.15, 0.2) is 17.3 Å². The standard InChI is InChI=1S/C30H31N5O4/c1-17-14-15-20(16-18(17)2)28-33-30-31-19(3)25(29(36)32-22-11-7-8-12-23(22)37-4)26(35(30)34-28)21-10-9-13-24(38-5)27(21)39-6/h7-16,26H,1-6H3,(H,32,36)(H,31,33,34). The number of aromatic nitrogens is 3. The fraction of sp³-hybridized carbons (Fsp3) is 0.233. The van der Waals surface area contributed by atoms with Crippen molar-refractivity contribution >= 4 is 17.5 Å². The predicted molar refractivity (Wildman–Crippen MR) is 151 cm³/mol. The molecule has 0 bridgehead atoms. The number of rotatable bonds is 7. The Hall–Kier alpha value is -4.79. The van der Waals surface area contributed by atoms with E-state index in [-0.39, 0.29) is 5.91 Å². The van der Waals surface area contributed by atoms with Crippen LogP contribution in [-0.2, 0) is 4.79 Å². The van der Waals surface area contributed by atoms with E-state index in [1.54, 1.807) is 38.1 Å². The minimum atomic E-state index is -0.659. The molecule has 39 heavy (non-hydrogen) atoms. The molecule has 2 heterocycles. The van der Waals surface area contributed by atoms with Gasteiger partial charge in [0, 0.05) is 16.8 Å². The van der Waals surface area contributed by atoms with E-state index in [0.29, 0.717) is 51.5 Å². The third-order valence-corrected chi connectivity index (χ3v) is 6.95. The Morgan fingerprint density at radius 1 is 0.897 bits per heavy atom. The first-order chi connectivity index (χ1) is 18.9. The molecule has 200 valence electrons. The highest BCUT2D eigenvalue weighted by molar-refractivity contribution is 6.06. The number of aryl methyl sites for hydroxylation is 2. The van der Waals surface area contributed by atoms with Gasteiger partial charge in [0.2, 0.25) is 5.95 Å². The van der Waals surface area contributed by atoms with Crippen LogP contribution in [0.3, 0.4) is 0 Å². The van der Waals surface area contributed by atoms with Crippen LogP contribution < -0.4 is 24.8 Å². The van der Waals surface area contributed by atoms with E-state index in [0.717, 1.165) is 11.1 Å². The summed E-state index contributed by atoms with van der Waals surface area (Å²) < 4.78 is 18.6. The number of hydrogen-bond donors (Lipinski definition) is 2. The topological polar surface area (TPSA) is 99.5 Å². The third-order valence-electron chi connectivity index (χ3n) is 6.95. The predicted octanol–water partition coefficient (Wildman–Crippen LogP) is 5.52. The van der Waals surface area contributed by atoms with Crippen molar-refractivity contribution in [3.63, 3.8) is 0 Å². The Labute approximate surface area is 227 Å². The van der Waals surface area contributed by atoms with Crippen LogP contribution in [-0.4, -0.2) is 42.0 Å². The molecule has 0 radical (unpaired) electrons. The molecule has 5 rings (SSSR count). The third kappa shape index (κ3) is 4.67. The zero-order valence-corrected chi connectivity index (χ0v) is 22.8. The average Bonchev–Trinajstić information content (AvgIpc) is 3.37.